The molecule has 0 aliphatic carbocycles. The lowest BCUT2D eigenvalue weighted by Crippen LogP contribution is -2.26. The number of imidazole rings is 1. The predicted octanol–water partition coefficient (Wildman–Crippen LogP) is 5.40. The molecule has 1 heterocycles. The van der Waals surface area contributed by atoms with Gasteiger partial charge in [0.2, 0.25) is 0 Å². The number of halogens is 2. The Hall–Kier alpha value is -2.82. The van der Waals surface area contributed by atoms with Gasteiger partial charge in [0.15, 0.2) is 0 Å². The topological polar surface area (TPSA) is 46.9 Å². The van der Waals surface area contributed by atoms with E-state index in [0.29, 0.717) is 21.4 Å². The number of para-hydroxylation sites is 2. The fourth-order valence-corrected chi connectivity index (χ4v) is 3.28. The number of nitrogens with one attached hydrogen (secondary N) is 1. The smallest absolute Gasteiger partial charge is 0.252 e. The van der Waals surface area contributed by atoms with Gasteiger partial charge in [-0.2, -0.15) is 0 Å². The standard InChI is InChI=1S/C21H15Cl2N3O/c22-15-11-9-14(10-12-15)21(27)24-13-26-19-8-4-3-7-18(19)25-20(26)16-5-1-2-6-17(16)23/h1-12H,13H2,(H,24,27). The lowest BCUT2D eigenvalue weighted by atomic mass is 10.2. The first kappa shape index (κ1) is 17.6. The minimum absolute atomic E-state index is 0.186. The second-order valence-electron chi connectivity index (χ2n) is 6.00. The SMILES string of the molecule is O=C(NCn1c(-c2ccccc2Cl)nc2ccccc21)c1ccc(Cl)cc1. The van der Waals surface area contributed by atoms with Crippen LogP contribution >= 0.6 is 23.2 Å². The molecule has 0 spiro atoms. The molecule has 0 atom stereocenters. The molecule has 6 heteroatoms. The number of nitrogens with zero attached hydrogens (tertiary/aromatic N) is 2. The summed E-state index contributed by atoms with van der Waals surface area (Å²) < 4.78 is 1.95. The van der Waals surface area contributed by atoms with E-state index >= 15 is 0 Å². The van der Waals surface area contributed by atoms with Crippen LogP contribution in [-0.2, 0) is 6.67 Å². The van der Waals surface area contributed by atoms with Gasteiger partial charge >= 0.3 is 0 Å². The van der Waals surface area contributed by atoms with Gasteiger partial charge in [0.05, 0.1) is 22.7 Å². The highest BCUT2D eigenvalue weighted by Gasteiger charge is 2.15. The highest BCUT2D eigenvalue weighted by atomic mass is 35.5. The Balaban J connectivity index is 1.70. The number of aromatic nitrogens is 2. The van der Waals surface area contributed by atoms with Crippen LogP contribution in [0.3, 0.4) is 0 Å². The van der Waals surface area contributed by atoms with Gasteiger partial charge in [-0.3, -0.25) is 4.79 Å². The maximum Gasteiger partial charge on any atom is 0.252 e. The first-order chi connectivity index (χ1) is 13.1. The molecule has 0 unspecified atom stereocenters. The molecule has 0 radical (unpaired) electrons. The lowest BCUT2D eigenvalue weighted by molar-refractivity contribution is 0.0943. The van der Waals surface area contributed by atoms with Gasteiger partial charge < -0.3 is 9.88 Å². The highest BCUT2D eigenvalue weighted by Crippen LogP contribution is 2.29. The quantitative estimate of drug-likeness (QED) is 0.502. The van der Waals surface area contributed by atoms with Crippen molar-refractivity contribution in [3.63, 3.8) is 0 Å². The maximum atomic E-state index is 12.5. The third-order valence-corrected chi connectivity index (χ3v) is 4.86. The fourth-order valence-electron chi connectivity index (χ4n) is 2.94. The largest absolute Gasteiger partial charge is 0.334 e. The molecule has 4 rings (SSSR count). The van der Waals surface area contributed by atoms with Crippen molar-refractivity contribution in [2.75, 3.05) is 0 Å². The van der Waals surface area contributed by atoms with Gasteiger partial charge in [-0.25, -0.2) is 4.98 Å². The summed E-state index contributed by atoms with van der Waals surface area (Å²) in [5.74, 6) is 0.521. The number of benzene rings is 3. The molecule has 0 saturated heterocycles. The third-order valence-electron chi connectivity index (χ3n) is 4.27. The number of hydrogen-bond acceptors (Lipinski definition) is 2. The van der Waals surface area contributed by atoms with Crippen LogP contribution in [0.25, 0.3) is 22.4 Å². The molecule has 134 valence electrons. The van der Waals surface area contributed by atoms with E-state index in [0.717, 1.165) is 16.6 Å². The van der Waals surface area contributed by atoms with Crippen molar-refractivity contribution in [1.29, 1.82) is 0 Å². The second kappa shape index (κ2) is 7.43. The minimum atomic E-state index is -0.186. The van der Waals surface area contributed by atoms with Crippen LogP contribution in [0.4, 0.5) is 0 Å². The zero-order valence-electron chi connectivity index (χ0n) is 14.2. The Morgan fingerprint density at radius 2 is 1.63 bits per heavy atom. The number of amides is 1. The summed E-state index contributed by atoms with van der Waals surface area (Å²) >= 11 is 12.3. The summed E-state index contributed by atoms with van der Waals surface area (Å²) in [7, 11) is 0. The number of carbonyl (C=O) groups is 1. The fraction of sp³-hybridized carbons (Fsp3) is 0.0476. The summed E-state index contributed by atoms with van der Waals surface area (Å²) in [6.45, 7) is 0.266. The second-order valence-corrected chi connectivity index (χ2v) is 6.85. The predicted molar refractivity (Wildman–Crippen MR) is 109 cm³/mol. The van der Waals surface area contributed by atoms with Crippen molar-refractivity contribution in [2.24, 2.45) is 0 Å². The lowest BCUT2D eigenvalue weighted by Gasteiger charge is -2.12. The molecule has 1 amide bonds. The molecule has 4 aromatic rings. The number of rotatable bonds is 4. The van der Waals surface area contributed by atoms with Crippen LogP contribution in [0, 0.1) is 0 Å². The Labute approximate surface area is 166 Å². The van der Waals surface area contributed by atoms with E-state index in [1.807, 2.05) is 53.1 Å². The molecular formula is C21H15Cl2N3O. The molecule has 27 heavy (non-hydrogen) atoms. The van der Waals surface area contributed by atoms with E-state index < -0.39 is 0 Å². The van der Waals surface area contributed by atoms with Gasteiger partial charge in [-0.1, -0.05) is 47.5 Å². The Morgan fingerprint density at radius 1 is 0.926 bits per heavy atom. The first-order valence-electron chi connectivity index (χ1n) is 8.37. The van der Waals surface area contributed by atoms with Crippen molar-refractivity contribution >= 4 is 40.1 Å². The molecule has 0 aliphatic rings. The number of fused-ring (bicyclic) bond motifs is 1. The van der Waals surface area contributed by atoms with E-state index in [-0.39, 0.29) is 12.6 Å². The molecule has 3 aromatic carbocycles. The summed E-state index contributed by atoms with van der Waals surface area (Å²) in [6.07, 6.45) is 0. The minimum Gasteiger partial charge on any atom is -0.334 e. The van der Waals surface area contributed by atoms with Crippen LogP contribution in [0.1, 0.15) is 10.4 Å². The third kappa shape index (κ3) is 3.54. The van der Waals surface area contributed by atoms with Crippen molar-refractivity contribution in [1.82, 2.24) is 14.9 Å². The van der Waals surface area contributed by atoms with Crippen LogP contribution in [-0.4, -0.2) is 15.5 Å². The summed E-state index contributed by atoms with van der Waals surface area (Å²) in [6, 6.07) is 22.1. The maximum absolute atomic E-state index is 12.5. The molecule has 0 aliphatic heterocycles. The molecule has 0 saturated carbocycles. The van der Waals surface area contributed by atoms with Crippen molar-refractivity contribution in [3.05, 3.63) is 88.4 Å². The van der Waals surface area contributed by atoms with Crippen molar-refractivity contribution in [2.45, 2.75) is 6.67 Å². The van der Waals surface area contributed by atoms with Crippen molar-refractivity contribution < 1.29 is 4.79 Å². The number of carbonyl (C=O) groups excluding carboxylic acids is 1. The van der Waals surface area contributed by atoms with E-state index in [2.05, 4.69) is 5.32 Å². The van der Waals surface area contributed by atoms with Gasteiger partial charge in [0.25, 0.3) is 5.91 Å². The molecule has 1 aromatic heterocycles. The normalized spacial score (nSPS) is 10.9. The van der Waals surface area contributed by atoms with Gasteiger partial charge in [0.1, 0.15) is 5.82 Å². The summed E-state index contributed by atoms with van der Waals surface area (Å²) in [5, 5.41) is 4.14. The average Bonchev–Trinajstić information content (AvgIpc) is 3.05. The van der Waals surface area contributed by atoms with E-state index in [9.17, 15) is 4.79 Å². The average molecular weight is 396 g/mol. The molecule has 0 bridgehead atoms. The van der Waals surface area contributed by atoms with E-state index in [4.69, 9.17) is 28.2 Å². The first-order valence-corrected chi connectivity index (χ1v) is 9.13. The zero-order chi connectivity index (χ0) is 18.8. The van der Waals surface area contributed by atoms with Gasteiger partial charge in [-0.15, -0.1) is 0 Å². The monoisotopic (exact) mass is 395 g/mol. The van der Waals surface area contributed by atoms with Crippen LogP contribution in [0.2, 0.25) is 10.0 Å². The Bertz CT molecular complexity index is 1120. The Morgan fingerprint density at radius 3 is 2.41 bits per heavy atom. The molecular weight excluding hydrogens is 381 g/mol. The zero-order valence-corrected chi connectivity index (χ0v) is 15.7. The number of hydrogen-bond donors (Lipinski definition) is 1. The molecule has 4 nitrogen and oxygen atoms in total. The summed E-state index contributed by atoms with van der Waals surface area (Å²) in [5.41, 5.74) is 3.12. The summed E-state index contributed by atoms with van der Waals surface area (Å²) in [4.78, 5) is 17.2. The van der Waals surface area contributed by atoms with Crippen LogP contribution < -0.4 is 5.32 Å². The molecule has 1 N–H and O–H groups in total. The van der Waals surface area contributed by atoms with Gasteiger partial charge in [0, 0.05) is 16.1 Å². The van der Waals surface area contributed by atoms with Crippen molar-refractivity contribution in [3.8, 4) is 11.4 Å². The van der Waals surface area contributed by atoms with E-state index in [1.165, 1.54) is 0 Å². The van der Waals surface area contributed by atoms with E-state index in [1.54, 1.807) is 24.3 Å². The van der Waals surface area contributed by atoms with Crippen LogP contribution in [0.15, 0.2) is 72.8 Å². The highest BCUT2D eigenvalue weighted by molar-refractivity contribution is 6.33. The Kier molecular flexibility index (Phi) is 4.84. The van der Waals surface area contributed by atoms with Crippen LogP contribution in [0.5, 0.6) is 0 Å². The van der Waals surface area contributed by atoms with Gasteiger partial charge in [-0.05, 0) is 48.5 Å². The molecule has 0 fully saturated rings.